The molecule has 6 heteroatoms. The summed E-state index contributed by atoms with van der Waals surface area (Å²) in [7, 11) is -2.18. The number of aliphatic hydroxyl groups excluding tert-OH is 1. The van der Waals surface area contributed by atoms with Crippen LogP contribution in [0.15, 0.2) is 11.1 Å². The lowest BCUT2D eigenvalue weighted by molar-refractivity contribution is -0.151. The maximum atomic E-state index is 12.4. The molecule has 0 spiro atoms. The van der Waals surface area contributed by atoms with Crippen LogP contribution in [0.5, 0.6) is 0 Å². The fraction of sp³-hybridized carbons (Fsp3) is 0.826. The minimum Gasteiger partial charge on any atom is -0.410 e. The summed E-state index contributed by atoms with van der Waals surface area (Å²) >= 11 is 0. The molecule has 0 saturated heterocycles. The molecule has 0 aromatic heterocycles. The molecule has 0 radical (unpaired) electrons. The standard InChI is InChI=1S/C23H38O5Si/c1-14(2)29(15(3)4,16(5)6)28-23-10-8-7-9-17(23)11-19-20(12-18(24)13-23)22(26)27-21(19)25/h14-18,24H,7-13H2,1-6H3/t17-,18-,23+/m1/s1. The monoisotopic (exact) mass is 422 g/mol. The van der Waals surface area contributed by atoms with Gasteiger partial charge in [-0.25, -0.2) is 9.59 Å². The van der Waals surface area contributed by atoms with Gasteiger partial charge >= 0.3 is 11.9 Å². The molecule has 3 atom stereocenters. The van der Waals surface area contributed by atoms with Gasteiger partial charge in [0, 0.05) is 18.4 Å². The Hall–Kier alpha value is -0.983. The number of hydrogen-bond donors (Lipinski definition) is 1. The zero-order valence-corrected chi connectivity index (χ0v) is 19.9. The number of aliphatic hydroxyl groups is 1. The van der Waals surface area contributed by atoms with Crippen LogP contribution >= 0.6 is 0 Å². The van der Waals surface area contributed by atoms with Crippen LogP contribution in [0.2, 0.25) is 16.6 Å². The maximum Gasteiger partial charge on any atom is 0.342 e. The Morgan fingerprint density at radius 2 is 1.52 bits per heavy atom. The molecule has 164 valence electrons. The molecule has 1 fully saturated rings. The van der Waals surface area contributed by atoms with E-state index in [1.807, 2.05) is 0 Å². The van der Waals surface area contributed by atoms with Crippen molar-refractivity contribution in [1.29, 1.82) is 0 Å². The van der Waals surface area contributed by atoms with E-state index < -0.39 is 32.0 Å². The van der Waals surface area contributed by atoms with E-state index in [4.69, 9.17) is 9.16 Å². The van der Waals surface area contributed by atoms with E-state index in [1.54, 1.807) is 0 Å². The number of cyclic esters (lactones) is 2. The average Bonchev–Trinajstić information content (AvgIpc) is 2.85. The van der Waals surface area contributed by atoms with Crippen LogP contribution in [0, 0.1) is 5.92 Å². The van der Waals surface area contributed by atoms with Gasteiger partial charge in [-0.3, -0.25) is 0 Å². The Morgan fingerprint density at radius 3 is 2.07 bits per heavy atom. The van der Waals surface area contributed by atoms with Crippen molar-refractivity contribution in [1.82, 2.24) is 0 Å². The molecule has 0 bridgehead atoms. The molecule has 3 rings (SSSR count). The van der Waals surface area contributed by atoms with Crippen molar-refractivity contribution in [3.8, 4) is 0 Å². The van der Waals surface area contributed by atoms with Crippen LogP contribution in [0.25, 0.3) is 0 Å². The summed E-state index contributed by atoms with van der Waals surface area (Å²) in [6.07, 6.45) is 4.62. The van der Waals surface area contributed by atoms with E-state index >= 15 is 0 Å². The predicted molar refractivity (Wildman–Crippen MR) is 115 cm³/mol. The minimum absolute atomic E-state index is 0.137. The smallest absolute Gasteiger partial charge is 0.342 e. The van der Waals surface area contributed by atoms with E-state index in [0.717, 1.165) is 25.7 Å². The third kappa shape index (κ3) is 3.88. The summed E-state index contributed by atoms with van der Waals surface area (Å²) in [5.74, 6) is -0.944. The van der Waals surface area contributed by atoms with Crippen molar-refractivity contribution < 1.29 is 23.9 Å². The highest BCUT2D eigenvalue weighted by Gasteiger charge is 2.55. The number of rotatable bonds is 5. The molecular weight excluding hydrogens is 384 g/mol. The first-order chi connectivity index (χ1) is 13.5. The topological polar surface area (TPSA) is 72.8 Å². The first-order valence-electron chi connectivity index (χ1n) is 11.4. The van der Waals surface area contributed by atoms with Gasteiger partial charge in [-0.05, 0) is 41.8 Å². The Kier molecular flexibility index (Phi) is 6.47. The van der Waals surface area contributed by atoms with Crippen molar-refractivity contribution in [2.45, 2.75) is 115 Å². The van der Waals surface area contributed by atoms with Gasteiger partial charge in [0.2, 0.25) is 8.32 Å². The van der Waals surface area contributed by atoms with Gasteiger partial charge in [-0.1, -0.05) is 54.4 Å². The van der Waals surface area contributed by atoms with Crippen LogP contribution in [0.1, 0.15) is 86.5 Å². The second-order valence-electron chi connectivity index (χ2n) is 10.3. The van der Waals surface area contributed by atoms with E-state index in [9.17, 15) is 14.7 Å². The van der Waals surface area contributed by atoms with Crippen molar-refractivity contribution in [2.75, 3.05) is 0 Å². The molecule has 1 saturated carbocycles. The zero-order chi connectivity index (χ0) is 21.6. The summed E-state index contributed by atoms with van der Waals surface area (Å²) in [6, 6.07) is 0. The fourth-order valence-electron chi connectivity index (χ4n) is 6.54. The minimum atomic E-state index is -2.18. The highest BCUT2D eigenvalue weighted by Crippen LogP contribution is 2.53. The normalized spacial score (nSPS) is 31.1. The van der Waals surface area contributed by atoms with Gasteiger partial charge in [0.05, 0.1) is 17.3 Å². The fourth-order valence-corrected chi connectivity index (χ4v) is 12.3. The summed E-state index contributed by atoms with van der Waals surface area (Å²) in [5.41, 5.74) is 1.81. The predicted octanol–water partition coefficient (Wildman–Crippen LogP) is 5.03. The second-order valence-corrected chi connectivity index (χ2v) is 15.7. The lowest BCUT2D eigenvalue weighted by atomic mass is 9.68. The summed E-state index contributed by atoms with van der Waals surface area (Å²) in [5, 5.41) is 11.0. The largest absolute Gasteiger partial charge is 0.410 e. The zero-order valence-electron chi connectivity index (χ0n) is 18.9. The molecule has 0 unspecified atom stereocenters. The van der Waals surface area contributed by atoms with Crippen LogP contribution in [-0.2, 0) is 18.8 Å². The number of carbonyl (C=O) groups is 2. The summed E-state index contributed by atoms with van der Waals surface area (Å²) in [6.45, 7) is 13.7. The molecule has 0 amide bonds. The van der Waals surface area contributed by atoms with E-state index in [2.05, 4.69) is 41.5 Å². The molecule has 1 N–H and O–H groups in total. The molecule has 1 aliphatic heterocycles. The van der Waals surface area contributed by atoms with E-state index in [1.165, 1.54) is 0 Å². The number of esters is 2. The van der Waals surface area contributed by atoms with Crippen LogP contribution in [0.3, 0.4) is 0 Å². The van der Waals surface area contributed by atoms with Gasteiger partial charge in [-0.2, -0.15) is 0 Å². The van der Waals surface area contributed by atoms with Crippen LogP contribution in [0.4, 0.5) is 0 Å². The Morgan fingerprint density at radius 1 is 0.966 bits per heavy atom. The number of fused-ring (bicyclic) bond motifs is 1. The molecular formula is C23H38O5Si. The van der Waals surface area contributed by atoms with E-state index in [-0.39, 0.29) is 12.3 Å². The maximum absolute atomic E-state index is 12.4. The van der Waals surface area contributed by atoms with Gasteiger partial charge < -0.3 is 14.3 Å². The number of carbonyl (C=O) groups excluding carboxylic acids is 2. The molecule has 29 heavy (non-hydrogen) atoms. The summed E-state index contributed by atoms with van der Waals surface area (Å²) < 4.78 is 12.3. The van der Waals surface area contributed by atoms with Crippen molar-refractivity contribution in [3.63, 3.8) is 0 Å². The molecule has 5 nitrogen and oxygen atoms in total. The molecule has 3 aliphatic rings. The van der Waals surface area contributed by atoms with Crippen LogP contribution < -0.4 is 0 Å². The third-order valence-corrected chi connectivity index (χ3v) is 13.9. The second kappa shape index (κ2) is 8.27. The lowest BCUT2D eigenvalue weighted by Crippen LogP contribution is -2.59. The lowest BCUT2D eigenvalue weighted by Gasteiger charge is -2.55. The van der Waals surface area contributed by atoms with Gasteiger partial charge in [0.25, 0.3) is 0 Å². The van der Waals surface area contributed by atoms with Gasteiger partial charge in [-0.15, -0.1) is 0 Å². The Labute approximate surface area is 176 Å². The van der Waals surface area contributed by atoms with Crippen molar-refractivity contribution in [3.05, 3.63) is 11.1 Å². The highest BCUT2D eigenvalue weighted by molar-refractivity contribution is 6.77. The highest BCUT2D eigenvalue weighted by atomic mass is 28.4. The van der Waals surface area contributed by atoms with Crippen LogP contribution in [-0.4, -0.2) is 37.1 Å². The quantitative estimate of drug-likeness (QED) is 0.382. The Bertz CT molecular complexity index is 674. The van der Waals surface area contributed by atoms with Gasteiger partial charge in [0.15, 0.2) is 0 Å². The first-order valence-corrected chi connectivity index (χ1v) is 13.5. The molecule has 1 heterocycles. The third-order valence-electron chi connectivity index (χ3n) is 7.75. The van der Waals surface area contributed by atoms with Crippen molar-refractivity contribution >= 4 is 20.3 Å². The molecule has 0 aromatic carbocycles. The SMILES string of the molecule is CC(C)[Si](O[C@]12CCCC[C@@H]1CC1=C(C[C@@H](O)C2)C(=O)OC1=O)(C(C)C)C(C)C. The van der Waals surface area contributed by atoms with E-state index in [0.29, 0.717) is 40.6 Å². The van der Waals surface area contributed by atoms with Crippen molar-refractivity contribution in [2.24, 2.45) is 5.92 Å². The number of hydrogen-bond acceptors (Lipinski definition) is 5. The molecule has 0 aromatic rings. The Balaban J connectivity index is 2.06. The first kappa shape index (κ1) is 22.7. The van der Waals surface area contributed by atoms with Gasteiger partial charge in [0.1, 0.15) is 0 Å². The summed E-state index contributed by atoms with van der Waals surface area (Å²) in [4.78, 5) is 24.5. The molecule has 2 aliphatic carbocycles. The number of ether oxygens (including phenoxy) is 1. The average molecular weight is 423 g/mol.